The lowest BCUT2D eigenvalue weighted by Gasteiger charge is -2.35. The Bertz CT molecular complexity index is 387. The number of nitrogens with zero attached hydrogens (tertiary/aromatic N) is 1. The van der Waals surface area contributed by atoms with Gasteiger partial charge in [0.1, 0.15) is 6.73 Å². The highest BCUT2D eigenvalue weighted by atomic mass is 16.5. The van der Waals surface area contributed by atoms with Crippen LogP contribution >= 0.6 is 0 Å². The van der Waals surface area contributed by atoms with Gasteiger partial charge in [-0.05, 0) is 17.2 Å². The second kappa shape index (κ2) is 3.12. The molecule has 1 fully saturated rings. The Morgan fingerprint density at radius 1 is 1.29 bits per heavy atom. The lowest BCUT2D eigenvalue weighted by Crippen LogP contribution is -2.45. The molecule has 1 aromatic carbocycles. The smallest absolute Gasteiger partial charge is 0.114 e. The molecule has 0 radical (unpaired) electrons. The van der Waals surface area contributed by atoms with Crippen LogP contribution in [0.15, 0.2) is 30.0 Å². The van der Waals surface area contributed by atoms with E-state index in [0.29, 0.717) is 13.3 Å². The first-order chi connectivity index (χ1) is 6.93. The molecule has 3 heteroatoms. The van der Waals surface area contributed by atoms with Crippen molar-refractivity contribution in [1.82, 2.24) is 10.4 Å². The summed E-state index contributed by atoms with van der Waals surface area (Å²) in [5.41, 5.74) is 7.10. The molecule has 72 valence electrons. The first-order valence-electron chi connectivity index (χ1n) is 4.81. The first-order valence-corrected chi connectivity index (χ1v) is 4.81. The van der Waals surface area contributed by atoms with Crippen LogP contribution < -0.4 is 5.43 Å². The van der Waals surface area contributed by atoms with Gasteiger partial charge in [-0.3, -0.25) is 0 Å². The minimum atomic E-state index is 0.611. The molecular formula is C11H12N2O. The number of hydrazine groups is 1. The molecule has 0 atom stereocenters. The van der Waals surface area contributed by atoms with E-state index in [2.05, 4.69) is 40.8 Å². The molecule has 2 aliphatic heterocycles. The Morgan fingerprint density at radius 3 is 3.21 bits per heavy atom. The summed E-state index contributed by atoms with van der Waals surface area (Å²) in [5, 5.41) is 2.16. The molecule has 1 saturated heterocycles. The second-order valence-corrected chi connectivity index (χ2v) is 3.57. The summed E-state index contributed by atoms with van der Waals surface area (Å²) in [6.07, 6.45) is 2.19. The molecule has 0 aromatic heterocycles. The summed E-state index contributed by atoms with van der Waals surface area (Å²) < 4.78 is 5.33. The fraction of sp³-hybridized carbons (Fsp3) is 0.273. The lowest BCUT2D eigenvalue weighted by molar-refractivity contribution is 0.0127. The third-order valence-electron chi connectivity index (χ3n) is 2.66. The van der Waals surface area contributed by atoms with Gasteiger partial charge in [-0.25, -0.2) is 5.43 Å². The van der Waals surface area contributed by atoms with Crippen molar-refractivity contribution in [3.05, 3.63) is 41.1 Å². The van der Waals surface area contributed by atoms with Crippen molar-refractivity contribution in [2.75, 3.05) is 13.3 Å². The fourth-order valence-electron chi connectivity index (χ4n) is 1.90. The van der Waals surface area contributed by atoms with E-state index in [0.717, 1.165) is 6.54 Å². The van der Waals surface area contributed by atoms with Gasteiger partial charge in [0.15, 0.2) is 0 Å². The predicted octanol–water partition coefficient (Wildman–Crippen LogP) is 1.34. The van der Waals surface area contributed by atoms with Gasteiger partial charge in [-0.1, -0.05) is 24.3 Å². The van der Waals surface area contributed by atoms with E-state index in [-0.39, 0.29) is 0 Å². The predicted molar refractivity (Wildman–Crippen MR) is 53.9 cm³/mol. The molecule has 3 rings (SSSR count). The molecular weight excluding hydrogens is 176 g/mol. The maximum Gasteiger partial charge on any atom is 0.114 e. The van der Waals surface area contributed by atoms with Crippen molar-refractivity contribution in [2.24, 2.45) is 0 Å². The minimum Gasteiger partial charge on any atom is -0.358 e. The summed E-state index contributed by atoms with van der Waals surface area (Å²) in [4.78, 5) is 0. The Balaban J connectivity index is 2.03. The van der Waals surface area contributed by atoms with Crippen LogP contribution in [-0.4, -0.2) is 18.3 Å². The number of hydrogen-bond donors (Lipinski definition) is 1. The molecule has 0 saturated carbocycles. The number of rotatable bonds is 0. The number of fused-ring (bicyclic) bond motifs is 2. The summed E-state index contributed by atoms with van der Waals surface area (Å²) in [6.45, 7) is 2.26. The monoisotopic (exact) mass is 188 g/mol. The Kier molecular flexibility index (Phi) is 1.79. The van der Waals surface area contributed by atoms with Gasteiger partial charge in [0, 0.05) is 0 Å². The number of benzene rings is 1. The van der Waals surface area contributed by atoms with Gasteiger partial charge in [0.25, 0.3) is 0 Å². The van der Waals surface area contributed by atoms with Crippen LogP contribution in [0.25, 0.3) is 6.08 Å². The Morgan fingerprint density at radius 2 is 2.21 bits per heavy atom. The molecule has 14 heavy (non-hydrogen) atoms. The van der Waals surface area contributed by atoms with Gasteiger partial charge in [-0.2, -0.15) is 0 Å². The topological polar surface area (TPSA) is 24.5 Å². The normalized spacial score (nSPS) is 19.7. The zero-order valence-electron chi connectivity index (χ0n) is 7.86. The van der Waals surface area contributed by atoms with Crippen LogP contribution in [0.4, 0.5) is 0 Å². The van der Waals surface area contributed by atoms with E-state index in [1.807, 2.05) is 0 Å². The van der Waals surface area contributed by atoms with Crippen LogP contribution in [0.3, 0.4) is 0 Å². The number of nitrogens with one attached hydrogen (secondary N) is 1. The van der Waals surface area contributed by atoms with Crippen LogP contribution in [0.1, 0.15) is 11.1 Å². The molecule has 1 aromatic rings. The first kappa shape index (κ1) is 8.03. The van der Waals surface area contributed by atoms with Crippen LogP contribution in [0.5, 0.6) is 0 Å². The van der Waals surface area contributed by atoms with Crippen LogP contribution in [-0.2, 0) is 11.3 Å². The van der Waals surface area contributed by atoms with E-state index in [9.17, 15) is 0 Å². The average Bonchev–Trinajstić information content (AvgIpc) is 2.26. The van der Waals surface area contributed by atoms with Gasteiger partial charge in [0.2, 0.25) is 0 Å². The van der Waals surface area contributed by atoms with Crippen molar-refractivity contribution in [2.45, 2.75) is 6.54 Å². The molecule has 0 aliphatic carbocycles. The third-order valence-corrected chi connectivity index (χ3v) is 2.66. The van der Waals surface area contributed by atoms with Crippen molar-refractivity contribution in [3.8, 4) is 0 Å². The number of hydrogen-bond acceptors (Lipinski definition) is 3. The summed E-state index contributed by atoms with van der Waals surface area (Å²) in [7, 11) is 0. The third kappa shape index (κ3) is 1.22. The highest BCUT2D eigenvalue weighted by Crippen LogP contribution is 2.24. The zero-order valence-corrected chi connectivity index (χ0v) is 7.86. The van der Waals surface area contributed by atoms with Gasteiger partial charge >= 0.3 is 0 Å². The van der Waals surface area contributed by atoms with Gasteiger partial charge in [-0.15, -0.1) is 0 Å². The van der Waals surface area contributed by atoms with Crippen molar-refractivity contribution >= 4 is 6.08 Å². The molecule has 0 spiro atoms. The molecule has 3 nitrogen and oxygen atoms in total. The zero-order chi connectivity index (χ0) is 9.38. The lowest BCUT2D eigenvalue weighted by atomic mass is 10.0. The standard InChI is InChI=1S/C11H12N2O/c1-2-4-10-6-13-11(5-9(10)3-1)7-14-8-12-13/h1-5,12H,6-8H2. The van der Waals surface area contributed by atoms with Crippen molar-refractivity contribution < 1.29 is 4.74 Å². The second-order valence-electron chi connectivity index (χ2n) is 3.57. The highest BCUT2D eigenvalue weighted by molar-refractivity contribution is 5.58. The van der Waals surface area contributed by atoms with E-state index in [1.165, 1.54) is 16.8 Å². The van der Waals surface area contributed by atoms with Crippen LogP contribution in [0, 0.1) is 0 Å². The molecule has 2 heterocycles. The molecule has 0 amide bonds. The molecule has 2 aliphatic rings. The van der Waals surface area contributed by atoms with Crippen molar-refractivity contribution in [1.29, 1.82) is 0 Å². The molecule has 1 N–H and O–H groups in total. The average molecular weight is 188 g/mol. The van der Waals surface area contributed by atoms with E-state index < -0.39 is 0 Å². The quantitative estimate of drug-likeness (QED) is 0.665. The maximum atomic E-state index is 5.33. The summed E-state index contributed by atoms with van der Waals surface area (Å²) in [5.74, 6) is 0. The Labute approximate surface area is 82.9 Å². The van der Waals surface area contributed by atoms with Crippen LogP contribution in [0.2, 0.25) is 0 Å². The maximum absolute atomic E-state index is 5.33. The molecule has 0 unspecified atom stereocenters. The highest BCUT2D eigenvalue weighted by Gasteiger charge is 2.20. The van der Waals surface area contributed by atoms with Gasteiger partial charge in [0.05, 0.1) is 18.8 Å². The summed E-state index contributed by atoms with van der Waals surface area (Å²) >= 11 is 0. The van der Waals surface area contributed by atoms with Gasteiger partial charge < -0.3 is 9.75 Å². The SMILES string of the molecule is C1=C2COCNN2Cc2ccccc21. The van der Waals surface area contributed by atoms with E-state index in [4.69, 9.17) is 4.74 Å². The summed E-state index contributed by atoms with van der Waals surface area (Å²) in [6, 6.07) is 8.47. The van der Waals surface area contributed by atoms with Crippen molar-refractivity contribution in [3.63, 3.8) is 0 Å². The largest absolute Gasteiger partial charge is 0.358 e. The fourth-order valence-corrected chi connectivity index (χ4v) is 1.90. The van der Waals surface area contributed by atoms with E-state index in [1.54, 1.807) is 0 Å². The molecule has 0 bridgehead atoms. The minimum absolute atomic E-state index is 0.611. The number of ether oxygens (including phenoxy) is 1. The Hall–Kier alpha value is -1.32. The van der Waals surface area contributed by atoms with E-state index >= 15 is 0 Å².